The first-order valence-electron chi connectivity index (χ1n) is 6.92. The molecule has 1 aliphatic rings. The lowest BCUT2D eigenvalue weighted by Gasteiger charge is -2.42. The van der Waals surface area contributed by atoms with Crippen molar-refractivity contribution in [2.45, 2.75) is 45.1 Å². The molecule has 0 aliphatic heterocycles. The van der Waals surface area contributed by atoms with Crippen LogP contribution in [0.15, 0.2) is 24.3 Å². The van der Waals surface area contributed by atoms with Crippen molar-refractivity contribution in [2.75, 3.05) is 0 Å². The zero-order chi connectivity index (χ0) is 14.2. The van der Waals surface area contributed by atoms with E-state index in [2.05, 4.69) is 6.92 Å². The summed E-state index contributed by atoms with van der Waals surface area (Å²) in [6.45, 7) is 5.85. The van der Waals surface area contributed by atoms with Gasteiger partial charge in [0.15, 0.2) is 0 Å². The number of rotatable bonds is 3. The Morgan fingerprint density at radius 2 is 2.00 bits per heavy atom. The van der Waals surface area contributed by atoms with Gasteiger partial charge in [0.05, 0.1) is 5.92 Å². The van der Waals surface area contributed by atoms with Crippen LogP contribution in [0, 0.1) is 11.8 Å². The lowest BCUT2D eigenvalue weighted by atomic mass is 9.66. The zero-order valence-corrected chi connectivity index (χ0v) is 11.8. The van der Waals surface area contributed by atoms with Crippen molar-refractivity contribution in [2.24, 2.45) is 11.8 Å². The van der Waals surface area contributed by atoms with E-state index in [9.17, 15) is 15.0 Å². The number of carbonyl (C=O) groups is 1. The van der Waals surface area contributed by atoms with Crippen LogP contribution < -0.4 is 0 Å². The predicted octanol–water partition coefficient (Wildman–Crippen LogP) is 3.13. The molecule has 3 nitrogen and oxygen atoms in total. The Morgan fingerprint density at radius 1 is 1.37 bits per heavy atom. The summed E-state index contributed by atoms with van der Waals surface area (Å²) in [6.07, 6.45) is 1.34. The first kappa shape index (κ1) is 14.1. The van der Waals surface area contributed by atoms with Crippen molar-refractivity contribution >= 4 is 5.97 Å². The van der Waals surface area contributed by atoms with Gasteiger partial charge >= 0.3 is 5.97 Å². The number of fused-ring (bicyclic) bond motifs is 1. The fraction of sp³-hybridized carbons (Fsp3) is 0.562. The molecular formula is C16H22O3. The molecular weight excluding hydrogens is 240 g/mol. The highest BCUT2D eigenvalue weighted by Gasteiger charge is 2.47. The molecule has 0 heterocycles. The molecule has 19 heavy (non-hydrogen) atoms. The third kappa shape index (κ3) is 2.27. The van der Waals surface area contributed by atoms with Crippen LogP contribution in [0.3, 0.4) is 0 Å². The van der Waals surface area contributed by atoms with Crippen LogP contribution in [0.2, 0.25) is 0 Å². The summed E-state index contributed by atoms with van der Waals surface area (Å²) < 4.78 is 0. The highest BCUT2D eigenvalue weighted by atomic mass is 16.4. The van der Waals surface area contributed by atoms with Crippen LogP contribution in [0.4, 0.5) is 0 Å². The summed E-state index contributed by atoms with van der Waals surface area (Å²) in [4.78, 5) is 11.6. The minimum absolute atomic E-state index is 0.107. The normalized spacial score (nSPS) is 27.9. The quantitative estimate of drug-likeness (QED) is 0.880. The molecule has 0 fully saturated rings. The maximum Gasteiger partial charge on any atom is 0.310 e. The minimum atomic E-state index is -1.25. The van der Waals surface area contributed by atoms with Crippen LogP contribution in [-0.2, 0) is 10.4 Å². The standard InChI is InChI=1S/C16H22O3/c1-10(2)14(15(17)18)16(19)9-8-11(3)12-6-4-5-7-13(12)16/h4-7,10-11,14,19H,8-9H2,1-3H3,(H,17,18). The van der Waals surface area contributed by atoms with E-state index in [0.717, 1.165) is 17.5 Å². The summed E-state index contributed by atoms with van der Waals surface area (Å²) in [6, 6.07) is 7.71. The third-order valence-electron chi connectivity index (χ3n) is 4.36. The Hall–Kier alpha value is -1.35. The Morgan fingerprint density at radius 3 is 2.58 bits per heavy atom. The van der Waals surface area contributed by atoms with Crippen molar-refractivity contribution in [3.05, 3.63) is 35.4 Å². The molecule has 0 saturated carbocycles. The second-order valence-electron chi connectivity index (χ2n) is 6.01. The number of aliphatic hydroxyl groups is 1. The average Bonchev–Trinajstić information content (AvgIpc) is 2.34. The van der Waals surface area contributed by atoms with E-state index in [0.29, 0.717) is 12.3 Å². The predicted molar refractivity (Wildman–Crippen MR) is 74.0 cm³/mol. The lowest BCUT2D eigenvalue weighted by Crippen LogP contribution is -2.45. The largest absolute Gasteiger partial charge is 0.481 e. The van der Waals surface area contributed by atoms with Gasteiger partial charge in [-0.2, -0.15) is 0 Å². The Bertz CT molecular complexity index is 481. The van der Waals surface area contributed by atoms with E-state index in [4.69, 9.17) is 0 Å². The molecule has 2 N–H and O–H groups in total. The van der Waals surface area contributed by atoms with Crippen molar-refractivity contribution in [1.82, 2.24) is 0 Å². The molecule has 0 radical (unpaired) electrons. The molecule has 0 amide bonds. The second kappa shape index (κ2) is 4.97. The molecule has 0 bridgehead atoms. The summed E-state index contributed by atoms with van der Waals surface area (Å²) in [5, 5.41) is 20.6. The smallest absolute Gasteiger partial charge is 0.310 e. The van der Waals surface area contributed by atoms with Gasteiger partial charge in [-0.25, -0.2) is 0 Å². The second-order valence-corrected chi connectivity index (χ2v) is 6.01. The van der Waals surface area contributed by atoms with E-state index in [1.807, 2.05) is 38.1 Å². The van der Waals surface area contributed by atoms with Crippen LogP contribution in [-0.4, -0.2) is 16.2 Å². The maximum absolute atomic E-state index is 11.6. The molecule has 1 aromatic carbocycles. The zero-order valence-electron chi connectivity index (χ0n) is 11.8. The summed E-state index contributed by atoms with van der Waals surface area (Å²) in [5.41, 5.74) is 0.640. The van der Waals surface area contributed by atoms with E-state index < -0.39 is 17.5 Å². The number of carboxylic acids is 1. The van der Waals surface area contributed by atoms with Crippen molar-refractivity contribution in [3.63, 3.8) is 0 Å². The van der Waals surface area contributed by atoms with Gasteiger partial charge in [-0.05, 0) is 35.8 Å². The third-order valence-corrected chi connectivity index (χ3v) is 4.36. The summed E-state index contributed by atoms with van der Waals surface area (Å²) >= 11 is 0. The lowest BCUT2D eigenvalue weighted by molar-refractivity contribution is -0.158. The van der Waals surface area contributed by atoms with Gasteiger partial charge in [-0.1, -0.05) is 45.0 Å². The fourth-order valence-corrected chi connectivity index (χ4v) is 3.41. The maximum atomic E-state index is 11.6. The monoisotopic (exact) mass is 262 g/mol. The van der Waals surface area contributed by atoms with Gasteiger partial charge in [0.1, 0.15) is 5.60 Å². The Balaban J connectivity index is 2.55. The van der Waals surface area contributed by atoms with Gasteiger partial charge in [-0.3, -0.25) is 4.79 Å². The molecule has 1 aromatic rings. The average molecular weight is 262 g/mol. The fourth-order valence-electron chi connectivity index (χ4n) is 3.41. The summed E-state index contributed by atoms with van der Waals surface area (Å²) in [7, 11) is 0. The molecule has 2 rings (SSSR count). The van der Waals surface area contributed by atoms with E-state index in [-0.39, 0.29) is 5.92 Å². The molecule has 3 atom stereocenters. The molecule has 1 aliphatic carbocycles. The minimum Gasteiger partial charge on any atom is -0.481 e. The number of hydrogen-bond acceptors (Lipinski definition) is 2. The van der Waals surface area contributed by atoms with Crippen LogP contribution in [0.25, 0.3) is 0 Å². The SMILES string of the molecule is CC1CCC(O)(C(C(=O)O)C(C)C)c2ccccc21. The molecule has 0 saturated heterocycles. The van der Waals surface area contributed by atoms with Gasteiger partial charge < -0.3 is 10.2 Å². The molecule has 0 aromatic heterocycles. The van der Waals surface area contributed by atoms with Gasteiger partial charge in [0.2, 0.25) is 0 Å². The summed E-state index contributed by atoms with van der Waals surface area (Å²) in [5.74, 6) is -1.41. The molecule has 3 heteroatoms. The Labute approximate surface area is 114 Å². The van der Waals surface area contributed by atoms with Crippen LogP contribution in [0.1, 0.15) is 50.7 Å². The van der Waals surface area contributed by atoms with E-state index >= 15 is 0 Å². The van der Waals surface area contributed by atoms with Crippen LogP contribution in [0.5, 0.6) is 0 Å². The van der Waals surface area contributed by atoms with Crippen molar-refractivity contribution in [3.8, 4) is 0 Å². The highest BCUT2D eigenvalue weighted by Crippen LogP contribution is 2.47. The van der Waals surface area contributed by atoms with E-state index in [1.54, 1.807) is 0 Å². The Kier molecular flexibility index (Phi) is 3.68. The number of hydrogen-bond donors (Lipinski definition) is 2. The molecule has 0 spiro atoms. The molecule has 3 unspecified atom stereocenters. The highest BCUT2D eigenvalue weighted by molar-refractivity contribution is 5.72. The number of benzene rings is 1. The number of aliphatic carboxylic acids is 1. The van der Waals surface area contributed by atoms with Crippen molar-refractivity contribution < 1.29 is 15.0 Å². The van der Waals surface area contributed by atoms with Gasteiger partial charge in [-0.15, -0.1) is 0 Å². The van der Waals surface area contributed by atoms with Gasteiger partial charge in [0, 0.05) is 0 Å². The van der Waals surface area contributed by atoms with Crippen molar-refractivity contribution in [1.29, 1.82) is 0 Å². The van der Waals surface area contributed by atoms with Crippen LogP contribution >= 0.6 is 0 Å². The van der Waals surface area contributed by atoms with Gasteiger partial charge in [0.25, 0.3) is 0 Å². The number of carboxylic acid groups (broad SMARTS) is 1. The first-order chi connectivity index (χ1) is 8.88. The van der Waals surface area contributed by atoms with E-state index in [1.165, 1.54) is 0 Å². The first-order valence-corrected chi connectivity index (χ1v) is 6.92. The molecule has 104 valence electrons. The topological polar surface area (TPSA) is 57.5 Å².